The number of carboxylic acid groups (broad SMARTS) is 1. The number of rotatable bonds is 5. The molecule has 0 unspecified atom stereocenters. The van der Waals surface area contributed by atoms with Gasteiger partial charge in [0.15, 0.2) is 0 Å². The van der Waals surface area contributed by atoms with Gasteiger partial charge in [-0.1, -0.05) is 51.9 Å². The maximum absolute atomic E-state index is 12.9. The molecular weight excluding hydrogens is 472 g/mol. The highest BCUT2D eigenvalue weighted by molar-refractivity contribution is 5.90. The molecule has 0 saturated heterocycles. The molecule has 0 bridgehead atoms. The fourth-order valence-corrected chi connectivity index (χ4v) is 11.7. The second-order valence-electron chi connectivity index (χ2n) is 15.1. The van der Waals surface area contributed by atoms with Crippen molar-refractivity contribution in [3.63, 3.8) is 0 Å². The van der Waals surface area contributed by atoms with Gasteiger partial charge in [0.05, 0.1) is 23.6 Å². The Morgan fingerprint density at radius 2 is 1.76 bits per heavy atom. The molecule has 1 N–H and O–H groups in total. The number of nitrogens with zero attached hydrogens (tertiary/aromatic N) is 2. The van der Waals surface area contributed by atoms with Gasteiger partial charge in [-0.15, -0.1) is 0 Å². The SMILES string of the molecule is C=C(C)[C@@H]1CC[C@]2(C(=O)O)CC[C@]3(C)[C@H](CC[C@@H]4[C@@]5(C)CC/C(=N\OCCC#N)C(C)(C)[C@@H]5CC[C@]43C)[C@@H]12. The molecule has 0 aromatic heterocycles. The minimum atomic E-state index is -0.554. The van der Waals surface area contributed by atoms with E-state index in [1.807, 2.05) is 0 Å². The predicted molar refractivity (Wildman–Crippen MR) is 150 cm³/mol. The normalized spacial score (nSPS) is 48.1. The quantitative estimate of drug-likeness (QED) is 0.225. The zero-order valence-corrected chi connectivity index (χ0v) is 24.7. The van der Waals surface area contributed by atoms with E-state index in [1.165, 1.54) is 30.5 Å². The number of oxime groups is 1. The molecule has 0 aromatic carbocycles. The monoisotopic (exact) mass is 522 g/mol. The highest BCUT2D eigenvalue weighted by Crippen LogP contribution is 2.77. The Morgan fingerprint density at radius 1 is 1.03 bits per heavy atom. The third kappa shape index (κ3) is 3.53. The summed E-state index contributed by atoms with van der Waals surface area (Å²) in [4.78, 5) is 18.4. The van der Waals surface area contributed by atoms with E-state index >= 15 is 0 Å². The summed E-state index contributed by atoms with van der Waals surface area (Å²) in [5.41, 5.74) is 2.39. The summed E-state index contributed by atoms with van der Waals surface area (Å²) in [6.45, 7) is 19.4. The first-order valence-corrected chi connectivity index (χ1v) is 15.2. The summed E-state index contributed by atoms with van der Waals surface area (Å²) in [6.07, 6.45) is 10.9. The maximum Gasteiger partial charge on any atom is 0.309 e. The molecule has 0 heterocycles. The Bertz CT molecular complexity index is 1070. The zero-order chi connectivity index (χ0) is 27.7. The molecule has 0 amide bonds. The molecular formula is C33H50N2O3. The van der Waals surface area contributed by atoms with Crippen LogP contribution < -0.4 is 0 Å². The lowest BCUT2D eigenvalue weighted by molar-refractivity contribution is -0.230. The molecule has 210 valence electrons. The zero-order valence-electron chi connectivity index (χ0n) is 24.7. The number of hydrogen-bond donors (Lipinski definition) is 1. The lowest BCUT2D eigenvalue weighted by atomic mass is 9.32. The van der Waals surface area contributed by atoms with Crippen molar-refractivity contribution < 1.29 is 14.7 Å². The molecule has 5 aliphatic rings. The van der Waals surface area contributed by atoms with Gasteiger partial charge in [-0.3, -0.25) is 4.79 Å². The molecule has 38 heavy (non-hydrogen) atoms. The van der Waals surface area contributed by atoms with Crippen molar-refractivity contribution in [2.45, 2.75) is 112 Å². The minimum Gasteiger partial charge on any atom is -0.481 e. The van der Waals surface area contributed by atoms with E-state index in [9.17, 15) is 9.90 Å². The molecule has 9 atom stereocenters. The first kappa shape index (κ1) is 27.7. The summed E-state index contributed by atoms with van der Waals surface area (Å²) in [5, 5.41) is 24.0. The number of carbonyl (C=O) groups is 1. The highest BCUT2D eigenvalue weighted by atomic mass is 16.6. The van der Waals surface area contributed by atoms with Gasteiger partial charge in [-0.05, 0) is 117 Å². The molecule has 5 saturated carbocycles. The van der Waals surface area contributed by atoms with Crippen LogP contribution in [0.25, 0.3) is 0 Å². The number of hydrogen-bond acceptors (Lipinski definition) is 4. The van der Waals surface area contributed by atoms with E-state index in [-0.39, 0.29) is 27.6 Å². The summed E-state index contributed by atoms with van der Waals surface area (Å²) in [7, 11) is 0. The molecule has 5 aliphatic carbocycles. The van der Waals surface area contributed by atoms with E-state index in [0.717, 1.165) is 44.9 Å². The molecule has 5 heteroatoms. The smallest absolute Gasteiger partial charge is 0.309 e. The van der Waals surface area contributed by atoms with Gasteiger partial charge < -0.3 is 9.94 Å². The first-order chi connectivity index (χ1) is 17.8. The van der Waals surface area contributed by atoms with E-state index in [1.54, 1.807) is 0 Å². The van der Waals surface area contributed by atoms with Gasteiger partial charge in [0, 0.05) is 5.41 Å². The second kappa shape index (κ2) is 9.10. The lowest BCUT2D eigenvalue weighted by Crippen LogP contribution is -2.66. The van der Waals surface area contributed by atoms with Crippen LogP contribution in [-0.4, -0.2) is 23.4 Å². The van der Waals surface area contributed by atoms with Crippen molar-refractivity contribution in [1.29, 1.82) is 5.26 Å². The van der Waals surface area contributed by atoms with Gasteiger partial charge >= 0.3 is 5.97 Å². The third-order valence-electron chi connectivity index (χ3n) is 13.8. The highest BCUT2D eigenvalue weighted by Gasteiger charge is 2.71. The summed E-state index contributed by atoms with van der Waals surface area (Å²) in [5.74, 6) is 1.67. The molecule has 5 fully saturated rings. The largest absolute Gasteiger partial charge is 0.481 e. The molecule has 0 aliphatic heterocycles. The van der Waals surface area contributed by atoms with E-state index < -0.39 is 11.4 Å². The van der Waals surface area contributed by atoms with Crippen LogP contribution in [0.5, 0.6) is 0 Å². The van der Waals surface area contributed by atoms with Gasteiger partial charge in [0.2, 0.25) is 0 Å². The van der Waals surface area contributed by atoms with Crippen LogP contribution in [0.1, 0.15) is 112 Å². The molecule has 0 spiro atoms. The van der Waals surface area contributed by atoms with Crippen molar-refractivity contribution in [3.8, 4) is 6.07 Å². The van der Waals surface area contributed by atoms with Crippen LogP contribution in [0, 0.1) is 68.0 Å². The Balaban J connectivity index is 1.48. The molecule has 0 aromatic rings. The van der Waals surface area contributed by atoms with Gasteiger partial charge in [-0.25, -0.2) is 0 Å². The lowest BCUT2D eigenvalue weighted by Gasteiger charge is -2.72. The van der Waals surface area contributed by atoms with E-state index in [2.05, 4.69) is 59.3 Å². The van der Waals surface area contributed by atoms with Crippen molar-refractivity contribution >= 4 is 11.7 Å². The van der Waals surface area contributed by atoms with Crippen LogP contribution >= 0.6 is 0 Å². The summed E-state index contributed by atoms with van der Waals surface area (Å²) in [6, 6.07) is 2.14. The Kier molecular flexibility index (Phi) is 6.64. The number of aliphatic carboxylic acids is 1. The Hall–Kier alpha value is -1.83. The Labute approximate surface area is 230 Å². The number of nitriles is 1. The van der Waals surface area contributed by atoms with Crippen molar-refractivity contribution in [2.75, 3.05) is 6.61 Å². The van der Waals surface area contributed by atoms with Crippen LogP contribution in [0.3, 0.4) is 0 Å². The number of allylic oxidation sites excluding steroid dienone is 1. The van der Waals surface area contributed by atoms with E-state index in [4.69, 9.17) is 10.1 Å². The van der Waals surface area contributed by atoms with Crippen molar-refractivity contribution in [1.82, 2.24) is 0 Å². The minimum absolute atomic E-state index is 0.0275. The summed E-state index contributed by atoms with van der Waals surface area (Å²) < 4.78 is 0. The topological polar surface area (TPSA) is 82.7 Å². The van der Waals surface area contributed by atoms with E-state index in [0.29, 0.717) is 36.7 Å². The van der Waals surface area contributed by atoms with Gasteiger partial charge in [0.1, 0.15) is 6.61 Å². The van der Waals surface area contributed by atoms with Crippen LogP contribution in [0.15, 0.2) is 17.3 Å². The van der Waals surface area contributed by atoms with Crippen LogP contribution in [-0.2, 0) is 9.63 Å². The average Bonchev–Trinajstić information content (AvgIpc) is 3.25. The van der Waals surface area contributed by atoms with Crippen molar-refractivity contribution in [2.24, 2.45) is 61.8 Å². The summed E-state index contributed by atoms with van der Waals surface area (Å²) >= 11 is 0. The number of fused-ring (bicyclic) bond motifs is 7. The van der Waals surface area contributed by atoms with Gasteiger partial charge in [-0.2, -0.15) is 5.26 Å². The molecule has 5 rings (SSSR count). The van der Waals surface area contributed by atoms with Crippen LogP contribution in [0.4, 0.5) is 0 Å². The second-order valence-corrected chi connectivity index (χ2v) is 15.1. The standard InChI is InChI=1S/C33H50N2O3/c1-21(2)22-11-16-33(28(36)37)18-17-31(6)23(27(22)33)9-10-25-30(5)14-13-26(35-38-20-8-19-34)29(3,4)24(30)12-15-32(25,31)7/h22-25,27H,1,8-18,20H2,2-7H3,(H,36,37)/b35-26+/t22-,23+,24-,25+,27+,30-,31+,32+,33-/m0/s1. The molecule has 5 nitrogen and oxygen atoms in total. The Morgan fingerprint density at radius 3 is 2.42 bits per heavy atom. The molecule has 0 radical (unpaired) electrons. The fraction of sp³-hybridized carbons (Fsp3) is 0.848. The average molecular weight is 523 g/mol. The van der Waals surface area contributed by atoms with Crippen LogP contribution in [0.2, 0.25) is 0 Å². The van der Waals surface area contributed by atoms with Gasteiger partial charge in [0.25, 0.3) is 0 Å². The first-order valence-electron chi connectivity index (χ1n) is 15.2. The predicted octanol–water partition coefficient (Wildman–Crippen LogP) is 8.01. The third-order valence-corrected chi connectivity index (χ3v) is 13.8. The van der Waals surface area contributed by atoms with Crippen molar-refractivity contribution in [3.05, 3.63) is 12.2 Å². The maximum atomic E-state index is 12.9. The number of carboxylic acids is 1. The fourth-order valence-electron chi connectivity index (χ4n) is 11.7.